The van der Waals surface area contributed by atoms with Gasteiger partial charge in [-0.05, 0) is 32.9 Å². The Hall–Kier alpha value is -1.43. The van der Waals surface area contributed by atoms with Crippen molar-refractivity contribution in [3.8, 4) is 0 Å². The monoisotopic (exact) mass is 292 g/mol. The summed E-state index contributed by atoms with van der Waals surface area (Å²) >= 11 is 0. The molecule has 0 aliphatic carbocycles. The van der Waals surface area contributed by atoms with E-state index in [4.69, 9.17) is 18.9 Å². The van der Waals surface area contributed by atoms with Crippen LogP contribution in [-0.4, -0.2) is 42.8 Å². The number of fused-ring (bicyclic) bond motifs is 1. The summed E-state index contributed by atoms with van der Waals surface area (Å²) in [6.45, 7) is 5.97. The van der Waals surface area contributed by atoms with Crippen LogP contribution < -0.4 is 0 Å². The normalized spacial score (nSPS) is 34.2. The first kappa shape index (κ1) is 14.5. The van der Waals surface area contributed by atoms with E-state index in [0.29, 0.717) is 12.2 Å². The minimum Gasteiger partial charge on any atom is -0.453 e. The van der Waals surface area contributed by atoms with Crippen LogP contribution in [0, 0.1) is 0 Å². The van der Waals surface area contributed by atoms with E-state index in [0.717, 1.165) is 0 Å². The lowest BCUT2D eigenvalue weighted by atomic mass is 10.0. The predicted molar refractivity (Wildman–Crippen MR) is 74.9 cm³/mol. The lowest BCUT2D eigenvalue weighted by Crippen LogP contribution is -2.51. The molecule has 4 atom stereocenters. The lowest BCUT2D eigenvalue weighted by Gasteiger charge is -2.34. The molecule has 2 aliphatic heterocycles. The average Bonchev–Trinajstić information content (AvgIpc) is 2.79. The topological polar surface area (TPSA) is 54.0 Å². The van der Waals surface area contributed by atoms with Crippen molar-refractivity contribution in [1.82, 2.24) is 0 Å². The molecule has 5 nitrogen and oxygen atoms in total. The number of benzene rings is 1. The Morgan fingerprint density at radius 1 is 1.19 bits per heavy atom. The van der Waals surface area contributed by atoms with Gasteiger partial charge in [0, 0.05) is 0 Å². The van der Waals surface area contributed by atoms with Crippen molar-refractivity contribution in [2.24, 2.45) is 0 Å². The summed E-state index contributed by atoms with van der Waals surface area (Å²) in [7, 11) is 0. The van der Waals surface area contributed by atoms with Gasteiger partial charge in [0.25, 0.3) is 0 Å². The van der Waals surface area contributed by atoms with Crippen molar-refractivity contribution in [3.05, 3.63) is 35.9 Å². The molecule has 2 saturated heterocycles. The van der Waals surface area contributed by atoms with Crippen LogP contribution in [0.5, 0.6) is 0 Å². The third-order valence-electron chi connectivity index (χ3n) is 3.78. The van der Waals surface area contributed by atoms with E-state index in [1.54, 1.807) is 24.3 Å². The van der Waals surface area contributed by atoms with E-state index in [1.165, 1.54) is 0 Å². The molecule has 0 N–H and O–H groups in total. The molecule has 114 valence electrons. The first-order valence-corrected chi connectivity index (χ1v) is 7.19. The molecule has 0 unspecified atom stereocenters. The summed E-state index contributed by atoms with van der Waals surface area (Å²) < 4.78 is 23.0. The predicted octanol–water partition coefficient (Wildman–Crippen LogP) is 2.15. The summed E-state index contributed by atoms with van der Waals surface area (Å²) in [5.41, 5.74) is 0.519. The molecule has 0 aromatic heterocycles. The van der Waals surface area contributed by atoms with Gasteiger partial charge in [-0.25, -0.2) is 4.79 Å². The van der Waals surface area contributed by atoms with Crippen LogP contribution in [0.15, 0.2) is 30.3 Å². The van der Waals surface area contributed by atoms with Gasteiger partial charge in [-0.15, -0.1) is 0 Å². The number of carbonyl (C=O) groups is 1. The highest BCUT2D eigenvalue weighted by atomic mass is 16.8. The highest BCUT2D eigenvalue weighted by molar-refractivity contribution is 5.89. The Labute approximate surface area is 124 Å². The molecular weight excluding hydrogens is 272 g/mol. The van der Waals surface area contributed by atoms with E-state index in [2.05, 4.69) is 0 Å². The van der Waals surface area contributed by atoms with E-state index >= 15 is 0 Å². The van der Waals surface area contributed by atoms with Crippen molar-refractivity contribution in [2.45, 2.75) is 51.0 Å². The smallest absolute Gasteiger partial charge is 0.338 e. The summed E-state index contributed by atoms with van der Waals surface area (Å²) in [5.74, 6) is -1.06. The number of hydrogen-bond donors (Lipinski definition) is 0. The molecule has 21 heavy (non-hydrogen) atoms. The molecular formula is C16H20O5. The molecule has 1 aromatic rings. The zero-order valence-corrected chi connectivity index (χ0v) is 12.4. The fourth-order valence-electron chi connectivity index (χ4n) is 2.78. The Kier molecular flexibility index (Phi) is 3.73. The summed E-state index contributed by atoms with van der Waals surface area (Å²) in [6, 6.07) is 8.91. The fraction of sp³-hybridized carbons (Fsp3) is 0.562. The molecule has 2 aliphatic rings. The number of esters is 1. The van der Waals surface area contributed by atoms with Crippen molar-refractivity contribution in [1.29, 1.82) is 0 Å². The van der Waals surface area contributed by atoms with E-state index in [9.17, 15) is 4.79 Å². The highest BCUT2D eigenvalue weighted by Gasteiger charge is 2.52. The molecule has 1 aromatic carbocycles. The van der Waals surface area contributed by atoms with E-state index in [-0.39, 0.29) is 24.3 Å². The molecule has 5 heteroatoms. The Morgan fingerprint density at radius 3 is 2.57 bits per heavy atom. The number of ether oxygens (including phenoxy) is 4. The molecule has 2 fully saturated rings. The first-order valence-electron chi connectivity index (χ1n) is 7.19. The Bertz CT molecular complexity index is 513. The number of hydrogen-bond acceptors (Lipinski definition) is 5. The van der Waals surface area contributed by atoms with Crippen LogP contribution in [0.3, 0.4) is 0 Å². The minimum atomic E-state index is -0.686. The number of carbonyl (C=O) groups excluding carboxylic acids is 1. The second-order valence-corrected chi connectivity index (χ2v) is 5.91. The van der Waals surface area contributed by atoms with Crippen LogP contribution in [0.1, 0.15) is 31.1 Å². The van der Waals surface area contributed by atoms with Gasteiger partial charge in [-0.1, -0.05) is 18.2 Å². The lowest BCUT2D eigenvalue weighted by molar-refractivity contribution is -0.153. The van der Waals surface area contributed by atoms with Crippen molar-refractivity contribution in [2.75, 3.05) is 6.61 Å². The van der Waals surface area contributed by atoms with Gasteiger partial charge in [-0.3, -0.25) is 0 Å². The van der Waals surface area contributed by atoms with E-state index < -0.39 is 11.9 Å². The summed E-state index contributed by atoms with van der Waals surface area (Å²) in [6.07, 6.45) is -1.05. The van der Waals surface area contributed by atoms with Gasteiger partial charge in [-0.2, -0.15) is 0 Å². The molecule has 0 amide bonds. The fourth-order valence-corrected chi connectivity index (χ4v) is 2.78. The van der Waals surface area contributed by atoms with Crippen LogP contribution in [0.25, 0.3) is 0 Å². The minimum absolute atomic E-state index is 0.0801. The standard InChI is InChI=1S/C16H20O5/c1-10-13-14(21-16(2,3)20-13)12(9-18-10)19-15(17)11-7-5-4-6-8-11/h4-8,10,12-14H,9H2,1-3H3/t10-,12+,13+,14-/m1/s1. The van der Waals surface area contributed by atoms with Gasteiger partial charge >= 0.3 is 5.97 Å². The molecule has 0 saturated carbocycles. The molecule has 0 radical (unpaired) electrons. The zero-order valence-electron chi connectivity index (χ0n) is 12.4. The van der Waals surface area contributed by atoms with Crippen LogP contribution in [0.4, 0.5) is 0 Å². The average molecular weight is 292 g/mol. The van der Waals surface area contributed by atoms with Gasteiger partial charge in [0.2, 0.25) is 0 Å². The van der Waals surface area contributed by atoms with Gasteiger partial charge in [0.1, 0.15) is 12.2 Å². The van der Waals surface area contributed by atoms with Crippen LogP contribution in [-0.2, 0) is 18.9 Å². The summed E-state index contributed by atoms with van der Waals surface area (Å²) in [4.78, 5) is 12.2. The van der Waals surface area contributed by atoms with Crippen LogP contribution >= 0.6 is 0 Å². The molecule has 2 heterocycles. The van der Waals surface area contributed by atoms with Crippen LogP contribution in [0.2, 0.25) is 0 Å². The second-order valence-electron chi connectivity index (χ2n) is 5.91. The Balaban J connectivity index is 1.72. The van der Waals surface area contributed by atoms with Gasteiger partial charge < -0.3 is 18.9 Å². The third kappa shape index (κ3) is 2.95. The largest absolute Gasteiger partial charge is 0.453 e. The number of rotatable bonds is 2. The second kappa shape index (κ2) is 5.40. The maximum atomic E-state index is 12.2. The third-order valence-corrected chi connectivity index (χ3v) is 3.78. The summed E-state index contributed by atoms with van der Waals surface area (Å²) in [5, 5.41) is 0. The quantitative estimate of drug-likeness (QED) is 0.782. The SMILES string of the molecule is C[C@H]1OC[C@H](OC(=O)c2ccccc2)[C@H]2OC(C)(C)O[C@H]21. The van der Waals surface area contributed by atoms with Gasteiger partial charge in [0.15, 0.2) is 11.9 Å². The zero-order chi connectivity index (χ0) is 15.0. The first-order chi connectivity index (χ1) is 9.96. The molecule has 0 bridgehead atoms. The van der Waals surface area contributed by atoms with Crippen molar-refractivity contribution in [3.63, 3.8) is 0 Å². The highest BCUT2D eigenvalue weighted by Crippen LogP contribution is 2.36. The van der Waals surface area contributed by atoms with Crippen molar-refractivity contribution < 1.29 is 23.7 Å². The molecule has 0 spiro atoms. The Morgan fingerprint density at radius 2 is 1.86 bits per heavy atom. The van der Waals surface area contributed by atoms with Gasteiger partial charge in [0.05, 0.1) is 18.3 Å². The van der Waals surface area contributed by atoms with Crippen molar-refractivity contribution >= 4 is 5.97 Å². The maximum Gasteiger partial charge on any atom is 0.338 e. The molecule has 3 rings (SSSR count). The maximum absolute atomic E-state index is 12.2. The van der Waals surface area contributed by atoms with E-state index in [1.807, 2.05) is 26.8 Å².